The van der Waals surface area contributed by atoms with Crippen LogP contribution in [0.25, 0.3) is 11.4 Å². The molecule has 0 saturated carbocycles. The number of rotatable bonds is 3. The number of carbonyl (C=O) groups excluding carboxylic acids is 1. The monoisotopic (exact) mass is 401 g/mol. The fourth-order valence-electron chi connectivity index (χ4n) is 3.78. The van der Waals surface area contributed by atoms with Crippen LogP contribution in [0.3, 0.4) is 0 Å². The van der Waals surface area contributed by atoms with Crippen LogP contribution < -0.4 is 10.1 Å². The third-order valence-corrected chi connectivity index (χ3v) is 5.41. The summed E-state index contributed by atoms with van der Waals surface area (Å²) in [5.41, 5.74) is -0.0947. The van der Waals surface area contributed by atoms with Crippen LogP contribution in [0.2, 0.25) is 0 Å². The number of carbonyl (C=O) groups is 1. The fourth-order valence-corrected chi connectivity index (χ4v) is 3.78. The first-order chi connectivity index (χ1) is 13.7. The maximum Gasteiger partial charge on any atom is 0.416 e. The first-order valence-corrected chi connectivity index (χ1v) is 8.85. The van der Waals surface area contributed by atoms with E-state index in [-0.39, 0.29) is 5.69 Å². The standard InChI is InChI=1S/C21H18F3N3O2/c1-20(14-6-5-13(21(22,23)24)11-16(14)26-19(20)28)15-10-12(4-7-17(15)29-3)18-25-8-9-27(18)2/h4-11H,1-3H3,(H,26,28)/t20-/m0/s1. The lowest BCUT2D eigenvalue weighted by Crippen LogP contribution is -2.32. The van der Waals surface area contributed by atoms with E-state index in [4.69, 9.17) is 4.74 Å². The molecular weight excluding hydrogens is 383 g/mol. The van der Waals surface area contributed by atoms with Crippen molar-refractivity contribution in [2.75, 3.05) is 12.4 Å². The van der Waals surface area contributed by atoms with E-state index < -0.39 is 23.1 Å². The van der Waals surface area contributed by atoms with Gasteiger partial charge >= 0.3 is 6.18 Å². The number of halogens is 3. The van der Waals surface area contributed by atoms with Gasteiger partial charge in [-0.3, -0.25) is 4.79 Å². The summed E-state index contributed by atoms with van der Waals surface area (Å²) in [5, 5.41) is 2.60. The molecule has 0 radical (unpaired) electrons. The Hall–Kier alpha value is -3.29. The SMILES string of the molecule is COc1ccc(-c2nccn2C)cc1[C@@]1(C)C(=O)Nc2cc(C(F)(F)F)ccc21. The molecule has 0 saturated heterocycles. The molecule has 0 aliphatic carbocycles. The van der Waals surface area contributed by atoms with Gasteiger partial charge in [-0.1, -0.05) is 6.07 Å². The molecule has 2 aromatic carbocycles. The van der Waals surface area contributed by atoms with E-state index >= 15 is 0 Å². The third-order valence-electron chi connectivity index (χ3n) is 5.41. The van der Waals surface area contributed by atoms with Crippen LogP contribution in [0.15, 0.2) is 48.8 Å². The summed E-state index contributed by atoms with van der Waals surface area (Å²) in [6, 6.07) is 8.67. The normalized spacial score (nSPS) is 18.5. The lowest BCUT2D eigenvalue weighted by molar-refractivity contribution is -0.137. The van der Waals surface area contributed by atoms with Crippen molar-refractivity contribution in [2.45, 2.75) is 18.5 Å². The Morgan fingerprint density at radius 1 is 1.14 bits per heavy atom. The molecule has 5 nitrogen and oxygen atoms in total. The van der Waals surface area contributed by atoms with Crippen LogP contribution in [0.4, 0.5) is 18.9 Å². The predicted molar refractivity (Wildman–Crippen MR) is 102 cm³/mol. The van der Waals surface area contributed by atoms with Crippen LogP contribution >= 0.6 is 0 Å². The molecular formula is C21H18F3N3O2. The van der Waals surface area contributed by atoms with Crippen LogP contribution in [0, 0.1) is 0 Å². The molecule has 3 aromatic rings. The number of nitrogens with zero attached hydrogens (tertiary/aromatic N) is 2. The third kappa shape index (κ3) is 2.86. The number of hydrogen-bond donors (Lipinski definition) is 1. The number of methoxy groups -OCH3 is 1. The number of aromatic nitrogens is 2. The number of ether oxygens (including phenoxy) is 1. The van der Waals surface area contributed by atoms with Gasteiger partial charge in [-0.15, -0.1) is 0 Å². The van der Waals surface area contributed by atoms with E-state index in [1.165, 1.54) is 13.2 Å². The highest BCUT2D eigenvalue weighted by atomic mass is 19.4. The second-order valence-electron chi connectivity index (χ2n) is 7.11. The lowest BCUT2D eigenvalue weighted by atomic mass is 9.76. The van der Waals surface area contributed by atoms with E-state index in [9.17, 15) is 18.0 Å². The van der Waals surface area contributed by atoms with Gasteiger partial charge in [-0.05, 0) is 42.8 Å². The quantitative estimate of drug-likeness (QED) is 0.709. The number of fused-ring (bicyclic) bond motifs is 1. The van der Waals surface area contributed by atoms with E-state index in [0.717, 1.165) is 17.7 Å². The Morgan fingerprint density at radius 3 is 2.52 bits per heavy atom. The molecule has 150 valence electrons. The Balaban J connectivity index is 1.91. The van der Waals surface area contributed by atoms with Gasteiger partial charge < -0.3 is 14.6 Å². The van der Waals surface area contributed by atoms with Crippen LogP contribution in [-0.4, -0.2) is 22.6 Å². The molecule has 0 bridgehead atoms. The first kappa shape index (κ1) is 19.0. The zero-order chi connectivity index (χ0) is 21.0. The molecule has 0 unspecified atom stereocenters. The van der Waals surface area contributed by atoms with Crippen LogP contribution in [0.1, 0.15) is 23.6 Å². The maximum atomic E-state index is 13.1. The average Bonchev–Trinajstić information content (AvgIpc) is 3.22. The molecule has 1 N–H and O–H groups in total. The first-order valence-electron chi connectivity index (χ1n) is 8.85. The summed E-state index contributed by atoms with van der Waals surface area (Å²) in [7, 11) is 3.34. The Labute approximate surface area is 165 Å². The summed E-state index contributed by atoms with van der Waals surface area (Å²) in [4.78, 5) is 17.3. The van der Waals surface area contributed by atoms with Crippen LogP contribution in [0.5, 0.6) is 5.75 Å². The zero-order valence-corrected chi connectivity index (χ0v) is 16.0. The number of nitrogens with one attached hydrogen (secondary N) is 1. The van der Waals surface area contributed by atoms with Crippen molar-refractivity contribution in [3.05, 3.63) is 65.5 Å². The summed E-state index contributed by atoms with van der Waals surface area (Å²) < 4.78 is 46.6. The van der Waals surface area contributed by atoms with E-state index in [2.05, 4.69) is 10.3 Å². The maximum absolute atomic E-state index is 13.1. The highest BCUT2D eigenvalue weighted by molar-refractivity contribution is 6.09. The van der Waals surface area contributed by atoms with Gasteiger partial charge in [0.2, 0.25) is 5.91 Å². The number of amides is 1. The molecule has 1 atom stereocenters. The van der Waals surface area contributed by atoms with Gasteiger partial charge in [0.15, 0.2) is 0 Å². The van der Waals surface area contributed by atoms with Crippen molar-refractivity contribution < 1.29 is 22.7 Å². The predicted octanol–water partition coefficient (Wildman–Crippen LogP) is 4.37. The number of alkyl halides is 3. The number of imidazole rings is 1. The van der Waals surface area contributed by atoms with Crippen molar-refractivity contribution >= 4 is 11.6 Å². The summed E-state index contributed by atoms with van der Waals surface area (Å²) in [5.74, 6) is 0.749. The molecule has 0 fully saturated rings. The minimum atomic E-state index is -4.49. The smallest absolute Gasteiger partial charge is 0.416 e. The molecule has 29 heavy (non-hydrogen) atoms. The Morgan fingerprint density at radius 2 is 1.90 bits per heavy atom. The molecule has 1 aliphatic heterocycles. The van der Waals surface area contributed by atoms with Crippen molar-refractivity contribution in [1.29, 1.82) is 0 Å². The van der Waals surface area contributed by atoms with Gasteiger partial charge in [0.05, 0.1) is 12.7 Å². The number of hydrogen-bond acceptors (Lipinski definition) is 3. The minimum absolute atomic E-state index is 0.150. The molecule has 4 rings (SSSR count). The van der Waals surface area contributed by atoms with E-state index in [0.29, 0.717) is 22.7 Å². The molecule has 1 amide bonds. The van der Waals surface area contributed by atoms with Gasteiger partial charge in [0, 0.05) is 36.3 Å². The number of benzene rings is 2. The van der Waals surface area contributed by atoms with Gasteiger partial charge in [-0.25, -0.2) is 4.98 Å². The summed E-state index contributed by atoms with van der Waals surface area (Å²) in [6.07, 6.45) is -1.02. The highest BCUT2D eigenvalue weighted by Gasteiger charge is 2.47. The molecule has 1 aromatic heterocycles. The largest absolute Gasteiger partial charge is 0.496 e. The molecule has 0 spiro atoms. The van der Waals surface area contributed by atoms with Crippen molar-refractivity contribution in [2.24, 2.45) is 7.05 Å². The van der Waals surface area contributed by atoms with E-state index in [1.807, 2.05) is 17.7 Å². The molecule has 2 heterocycles. The second kappa shape index (κ2) is 6.37. The zero-order valence-electron chi connectivity index (χ0n) is 16.0. The number of anilines is 1. The topological polar surface area (TPSA) is 56.2 Å². The fraction of sp³-hybridized carbons (Fsp3) is 0.238. The van der Waals surface area contributed by atoms with Crippen molar-refractivity contribution in [1.82, 2.24) is 9.55 Å². The molecule has 8 heteroatoms. The highest BCUT2D eigenvalue weighted by Crippen LogP contribution is 2.48. The van der Waals surface area contributed by atoms with Gasteiger partial charge in [0.25, 0.3) is 0 Å². The van der Waals surface area contributed by atoms with Crippen molar-refractivity contribution in [3.63, 3.8) is 0 Å². The summed E-state index contributed by atoms with van der Waals surface area (Å²) >= 11 is 0. The average molecular weight is 401 g/mol. The number of aryl methyl sites for hydroxylation is 1. The van der Waals surface area contributed by atoms with Crippen molar-refractivity contribution in [3.8, 4) is 17.1 Å². The van der Waals surface area contributed by atoms with Gasteiger partial charge in [-0.2, -0.15) is 13.2 Å². The van der Waals surface area contributed by atoms with Crippen LogP contribution in [-0.2, 0) is 23.4 Å². The van der Waals surface area contributed by atoms with Gasteiger partial charge in [0.1, 0.15) is 17.0 Å². The Kier molecular flexibility index (Phi) is 4.18. The Bertz CT molecular complexity index is 1120. The minimum Gasteiger partial charge on any atom is -0.496 e. The second-order valence-corrected chi connectivity index (χ2v) is 7.11. The van der Waals surface area contributed by atoms with E-state index in [1.54, 1.807) is 31.5 Å². The lowest BCUT2D eigenvalue weighted by Gasteiger charge is -2.26. The summed E-state index contributed by atoms with van der Waals surface area (Å²) in [6.45, 7) is 1.68. The molecule has 1 aliphatic rings.